The lowest BCUT2D eigenvalue weighted by Crippen LogP contribution is -2.43. The summed E-state index contributed by atoms with van der Waals surface area (Å²) in [6.45, 7) is 12.7. The molecule has 2 saturated heterocycles. The maximum Gasteiger partial charge on any atom is 0.229 e. The first kappa shape index (κ1) is 15.9. The number of ether oxygens (including phenoxy) is 1. The van der Waals surface area contributed by atoms with Gasteiger partial charge in [0, 0.05) is 38.0 Å². The number of hydrogen-bond acceptors (Lipinski definition) is 6. The summed E-state index contributed by atoms with van der Waals surface area (Å²) < 4.78 is 10.8. The third-order valence-electron chi connectivity index (χ3n) is 4.75. The second-order valence-corrected chi connectivity index (χ2v) is 6.72. The highest BCUT2D eigenvalue weighted by atomic mass is 16.5. The molecule has 3 heterocycles. The molecule has 1 aromatic rings. The van der Waals surface area contributed by atoms with Gasteiger partial charge in [0.2, 0.25) is 5.89 Å². The standard InChI is InChI=1S/C16H28N4O2/c1-13(2)15-17-16(22-18-15)14-3-5-19(6-4-14)7-8-20-9-11-21-12-10-20/h13-14H,3-12H2,1-2H3. The summed E-state index contributed by atoms with van der Waals surface area (Å²) in [5, 5.41) is 4.09. The van der Waals surface area contributed by atoms with E-state index in [1.165, 1.54) is 0 Å². The Hall–Kier alpha value is -0.980. The molecule has 0 bridgehead atoms. The summed E-state index contributed by atoms with van der Waals surface area (Å²) in [7, 11) is 0. The highest BCUT2D eigenvalue weighted by Crippen LogP contribution is 2.27. The van der Waals surface area contributed by atoms with E-state index in [1.807, 2.05) is 0 Å². The van der Waals surface area contributed by atoms with E-state index in [1.54, 1.807) is 0 Å². The molecule has 0 amide bonds. The molecule has 6 heteroatoms. The van der Waals surface area contributed by atoms with Crippen LogP contribution in [-0.2, 0) is 4.74 Å². The van der Waals surface area contributed by atoms with Crippen LogP contribution < -0.4 is 0 Å². The van der Waals surface area contributed by atoms with Gasteiger partial charge in [-0.15, -0.1) is 0 Å². The molecule has 0 unspecified atom stereocenters. The van der Waals surface area contributed by atoms with Crippen LogP contribution in [-0.4, -0.2) is 72.4 Å². The largest absolute Gasteiger partial charge is 0.379 e. The van der Waals surface area contributed by atoms with Crippen LogP contribution in [0.1, 0.15) is 50.2 Å². The van der Waals surface area contributed by atoms with E-state index in [2.05, 4.69) is 33.8 Å². The Morgan fingerprint density at radius 3 is 2.27 bits per heavy atom. The highest BCUT2D eigenvalue weighted by molar-refractivity contribution is 4.99. The van der Waals surface area contributed by atoms with Crippen molar-refractivity contribution in [3.05, 3.63) is 11.7 Å². The minimum atomic E-state index is 0.339. The molecule has 124 valence electrons. The third kappa shape index (κ3) is 4.06. The lowest BCUT2D eigenvalue weighted by molar-refractivity contribution is 0.0319. The molecule has 0 spiro atoms. The lowest BCUT2D eigenvalue weighted by atomic mass is 9.97. The van der Waals surface area contributed by atoms with Gasteiger partial charge in [-0.25, -0.2) is 0 Å². The van der Waals surface area contributed by atoms with Gasteiger partial charge < -0.3 is 14.2 Å². The van der Waals surface area contributed by atoms with E-state index in [0.29, 0.717) is 11.8 Å². The average Bonchev–Trinajstić information content (AvgIpc) is 3.05. The molecule has 0 aliphatic carbocycles. The SMILES string of the molecule is CC(C)c1noc(C2CCN(CCN3CCOCC3)CC2)n1. The smallest absolute Gasteiger partial charge is 0.229 e. The second-order valence-electron chi connectivity index (χ2n) is 6.72. The molecule has 6 nitrogen and oxygen atoms in total. The Balaban J connectivity index is 1.41. The van der Waals surface area contributed by atoms with Crippen LogP contribution in [0, 0.1) is 0 Å². The van der Waals surface area contributed by atoms with E-state index in [0.717, 1.165) is 77.0 Å². The van der Waals surface area contributed by atoms with E-state index >= 15 is 0 Å². The molecule has 0 saturated carbocycles. The first-order valence-electron chi connectivity index (χ1n) is 8.58. The Morgan fingerprint density at radius 2 is 1.68 bits per heavy atom. The quantitative estimate of drug-likeness (QED) is 0.825. The van der Waals surface area contributed by atoms with E-state index < -0.39 is 0 Å². The number of nitrogens with zero attached hydrogens (tertiary/aromatic N) is 4. The molecule has 0 radical (unpaired) electrons. The molecule has 3 rings (SSSR count). The molecule has 0 atom stereocenters. The molecular weight excluding hydrogens is 280 g/mol. The van der Waals surface area contributed by atoms with Crippen LogP contribution in [0.4, 0.5) is 0 Å². The predicted octanol–water partition coefficient (Wildman–Crippen LogP) is 1.70. The summed E-state index contributed by atoms with van der Waals surface area (Å²) in [4.78, 5) is 9.62. The van der Waals surface area contributed by atoms with Crippen LogP contribution >= 0.6 is 0 Å². The number of piperidine rings is 1. The van der Waals surface area contributed by atoms with Gasteiger partial charge in [0.05, 0.1) is 13.2 Å². The first-order valence-corrected chi connectivity index (χ1v) is 8.58. The van der Waals surface area contributed by atoms with Crippen molar-refractivity contribution in [2.45, 2.75) is 38.5 Å². The van der Waals surface area contributed by atoms with Crippen LogP contribution in [0.25, 0.3) is 0 Å². The molecule has 0 aromatic carbocycles. The zero-order valence-electron chi connectivity index (χ0n) is 13.8. The van der Waals surface area contributed by atoms with Crippen molar-refractivity contribution < 1.29 is 9.26 Å². The number of morpholine rings is 1. The number of rotatable bonds is 5. The molecular formula is C16H28N4O2. The number of likely N-dealkylation sites (tertiary alicyclic amines) is 1. The van der Waals surface area contributed by atoms with Gasteiger partial charge in [-0.2, -0.15) is 4.98 Å². The monoisotopic (exact) mass is 308 g/mol. The fraction of sp³-hybridized carbons (Fsp3) is 0.875. The second kappa shape index (κ2) is 7.53. The van der Waals surface area contributed by atoms with Crippen LogP contribution in [0.5, 0.6) is 0 Å². The fourth-order valence-electron chi connectivity index (χ4n) is 3.16. The van der Waals surface area contributed by atoms with Crippen LogP contribution in [0.3, 0.4) is 0 Å². The van der Waals surface area contributed by atoms with Crippen molar-refractivity contribution >= 4 is 0 Å². The zero-order valence-corrected chi connectivity index (χ0v) is 13.8. The van der Waals surface area contributed by atoms with E-state index in [9.17, 15) is 0 Å². The molecule has 22 heavy (non-hydrogen) atoms. The number of hydrogen-bond donors (Lipinski definition) is 0. The molecule has 2 fully saturated rings. The minimum absolute atomic E-state index is 0.339. The van der Waals surface area contributed by atoms with Gasteiger partial charge in [-0.1, -0.05) is 19.0 Å². The van der Waals surface area contributed by atoms with E-state index in [-0.39, 0.29) is 0 Å². The van der Waals surface area contributed by atoms with Crippen molar-refractivity contribution in [2.24, 2.45) is 0 Å². The maximum atomic E-state index is 5.45. The topological polar surface area (TPSA) is 54.6 Å². The average molecular weight is 308 g/mol. The van der Waals surface area contributed by atoms with Crippen molar-refractivity contribution in [1.82, 2.24) is 19.9 Å². The molecule has 1 aromatic heterocycles. The lowest BCUT2D eigenvalue weighted by Gasteiger charge is -2.33. The Kier molecular flexibility index (Phi) is 5.44. The van der Waals surface area contributed by atoms with Gasteiger partial charge in [0.1, 0.15) is 0 Å². The summed E-state index contributed by atoms with van der Waals surface area (Å²) in [6, 6.07) is 0. The van der Waals surface area contributed by atoms with Gasteiger partial charge in [0.25, 0.3) is 0 Å². The predicted molar refractivity (Wildman–Crippen MR) is 84.1 cm³/mol. The van der Waals surface area contributed by atoms with E-state index in [4.69, 9.17) is 9.26 Å². The summed E-state index contributed by atoms with van der Waals surface area (Å²) in [5.41, 5.74) is 0. The van der Waals surface area contributed by atoms with Gasteiger partial charge in [-0.3, -0.25) is 4.90 Å². The Morgan fingerprint density at radius 1 is 1.05 bits per heavy atom. The highest BCUT2D eigenvalue weighted by Gasteiger charge is 2.25. The summed E-state index contributed by atoms with van der Waals surface area (Å²) in [6.07, 6.45) is 2.26. The molecule has 2 aliphatic rings. The first-order chi connectivity index (χ1) is 10.7. The van der Waals surface area contributed by atoms with Crippen molar-refractivity contribution in [1.29, 1.82) is 0 Å². The van der Waals surface area contributed by atoms with Gasteiger partial charge in [0.15, 0.2) is 5.82 Å². The van der Waals surface area contributed by atoms with Gasteiger partial charge in [-0.05, 0) is 25.9 Å². The van der Waals surface area contributed by atoms with Crippen molar-refractivity contribution in [2.75, 3.05) is 52.5 Å². The number of aromatic nitrogens is 2. The Labute approximate surface area is 132 Å². The van der Waals surface area contributed by atoms with Gasteiger partial charge >= 0.3 is 0 Å². The maximum absolute atomic E-state index is 5.45. The van der Waals surface area contributed by atoms with Crippen LogP contribution in [0.15, 0.2) is 4.52 Å². The Bertz CT molecular complexity index is 449. The van der Waals surface area contributed by atoms with Crippen molar-refractivity contribution in [3.63, 3.8) is 0 Å². The third-order valence-corrected chi connectivity index (χ3v) is 4.75. The van der Waals surface area contributed by atoms with Crippen molar-refractivity contribution in [3.8, 4) is 0 Å². The summed E-state index contributed by atoms with van der Waals surface area (Å²) >= 11 is 0. The molecule has 2 aliphatic heterocycles. The zero-order chi connectivity index (χ0) is 15.4. The fourth-order valence-corrected chi connectivity index (χ4v) is 3.16. The van der Waals surface area contributed by atoms with Crippen LogP contribution in [0.2, 0.25) is 0 Å². The summed E-state index contributed by atoms with van der Waals surface area (Å²) in [5.74, 6) is 2.46. The minimum Gasteiger partial charge on any atom is -0.379 e. The normalized spacial score (nSPS) is 22.5. The molecule has 0 N–H and O–H groups in total.